The molecule has 0 radical (unpaired) electrons. The van der Waals surface area contributed by atoms with Crippen LogP contribution < -0.4 is 0 Å². The lowest BCUT2D eigenvalue weighted by molar-refractivity contribution is -0.151. The van der Waals surface area contributed by atoms with Gasteiger partial charge in [0.1, 0.15) is 5.82 Å². The second kappa shape index (κ2) is 6.21. The summed E-state index contributed by atoms with van der Waals surface area (Å²) in [4.78, 5) is 10.9. The molecular formula is C11H9ClF4O3. The predicted molar refractivity (Wildman–Crippen MR) is 58.5 cm³/mol. The molecule has 8 heteroatoms. The summed E-state index contributed by atoms with van der Waals surface area (Å²) in [5.41, 5.74) is -1.70. The highest BCUT2D eigenvalue weighted by molar-refractivity contribution is 6.17. The van der Waals surface area contributed by atoms with Crippen molar-refractivity contribution in [1.82, 2.24) is 0 Å². The predicted octanol–water partition coefficient (Wildman–Crippen LogP) is 3.23. The van der Waals surface area contributed by atoms with E-state index in [1.165, 1.54) is 0 Å². The third-order valence-corrected chi connectivity index (χ3v) is 2.29. The van der Waals surface area contributed by atoms with Crippen molar-refractivity contribution in [1.29, 1.82) is 0 Å². The molecule has 0 aliphatic rings. The molecule has 0 aromatic heterocycles. The Morgan fingerprint density at radius 3 is 2.47 bits per heavy atom. The van der Waals surface area contributed by atoms with Crippen molar-refractivity contribution in [3.05, 3.63) is 35.1 Å². The van der Waals surface area contributed by atoms with E-state index < -0.39 is 35.2 Å². The maximum atomic E-state index is 13.1. The summed E-state index contributed by atoms with van der Waals surface area (Å²) >= 11 is 5.30. The van der Waals surface area contributed by atoms with Gasteiger partial charge < -0.3 is 9.84 Å². The SMILES string of the molecule is O=C(O)C(OCCCl)c1cc(F)cc(C(F)(F)F)c1. The van der Waals surface area contributed by atoms with E-state index in [2.05, 4.69) is 0 Å². The first-order valence-corrected chi connectivity index (χ1v) is 5.57. The fraction of sp³-hybridized carbons (Fsp3) is 0.364. The van der Waals surface area contributed by atoms with Crippen molar-refractivity contribution in [3.63, 3.8) is 0 Å². The number of halogens is 5. The smallest absolute Gasteiger partial charge is 0.416 e. The van der Waals surface area contributed by atoms with E-state index in [0.717, 1.165) is 0 Å². The van der Waals surface area contributed by atoms with Crippen molar-refractivity contribution in [3.8, 4) is 0 Å². The number of carbonyl (C=O) groups is 1. The Labute approximate surface area is 110 Å². The van der Waals surface area contributed by atoms with Crippen LogP contribution in [0.1, 0.15) is 17.2 Å². The molecular weight excluding hydrogens is 292 g/mol. The number of carboxylic acids is 1. The number of benzene rings is 1. The molecule has 0 heterocycles. The summed E-state index contributed by atoms with van der Waals surface area (Å²) in [6.45, 7) is -0.184. The molecule has 0 saturated heterocycles. The molecule has 1 unspecified atom stereocenters. The Bertz CT molecular complexity index is 462. The summed E-state index contributed by atoms with van der Waals surface area (Å²) in [5.74, 6) is -2.75. The zero-order valence-corrected chi connectivity index (χ0v) is 10.1. The number of hydrogen-bond acceptors (Lipinski definition) is 2. The third kappa shape index (κ3) is 4.36. The van der Waals surface area contributed by atoms with Crippen LogP contribution in [0.2, 0.25) is 0 Å². The molecule has 1 atom stereocenters. The largest absolute Gasteiger partial charge is 0.479 e. The molecule has 0 amide bonds. The van der Waals surface area contributed by atoms with Crippen LogP contribution in [-0.4, -0.2) is 23.6 Å². The Kier molecular flexibility index (Phi) is 5.13. The van der Waals surface area contributed by atoms with Crippen LogP contribution in [0.5, 0.6) is 0 Å². The Morgan fingerprint density at radius 1 is 1.37 bits per heavy atom. The normalized spacial score (nSPS) is 13.3. The highest BCUT2D eigenvalue weighted by Gasteiger charge is 2.33. The van der Waals surface area contributed by atoms with Gasteiger partial charge in [-0.15, -0.1) is 11.6 Å². The van der Waals surface area contributed by atoms with Crippen molar-refractivity contribution in [2.45, 2.75) is 12.3 Å². The molecule has 0 fully saturated rings. The van der Waals surface area contributed by atoms with Gasteiger partial charge in [0.25, 0.3) is 0 Å². The molecule has 0 bridgehead atoms. The lowest BCUT2D eigenvalue weighted by Crippen LogP contribution is -2.18. The molecule has 0 aliphatic carbocycles. The van der Waals surface area contributed by atoms with E-state index in [4.69, 9.17) is 21.4 Å². The van der Waals surface area contributed by atoms with Crippen LogP contribution in [0.15, 0.2) is 18.2 Å². The molecule has 1 N–H and O–H groups in total. The van der Waals surface area contributed by atoms with Crippen LogP contribution in [-0.2, 0) is 15.7 Å². The van der Waals surface area contributed by atoms with Crippen molar-refractivity contribution in [2.75, 3.05) is 12.5 Å². The summed E-state index contributed by atoms with van der Waals surface area (Å²) in [6, 6.07) is 1.50. The van der Waals surface area contributed by atoms with Gasteiger partial charge in [-0.2, -0.15) is 13.2 Å². The fourth-order valence-corrected chi connectivity index (χ4v) is 1.49. The van der Waals surface area contributed by atoms with Gasteiger partial charge in [-0.05, 0) is 23.8 Å². The Morgan fingerprint density at radius 2 is 2.00 bits per heavy atom. The van der Waals surface area contributed by atoms with E-state index >= 15 is 0 Å². The number of ether oxygens (including phenoxy) is 1. The van der Waals surface area contributed by atoms with E-state index in [-0.39, 0.29) is 18.6 Å². The van der Waals surface area contributed by atoms with Crippen molar-refractivity contribution < 1.29 is 32.2 Å². The highest BCUT2D eigenvalue weighted by atomic mass is 35.5. The second-order valence-electron chi connectivity index (χ2n) is 3.55. The highest BCUT2D eigenvalue weighted by Crippen LogP contribution is 2.32. The molecule has 0 saturated carbocycles. The number of aliphatic carboxylic acids is 1. The average molecular weight is 301 g/mol. The van der Waals surface area contributed by atoms with Crippen molar-refractivity contribution >= 4 is 17.6 Å². The summed E-state index contributed by atoms with van der Waals surface area (Å²) in [5, 5.41) is 8.87. The minimum Gasteiger partial charge on any atom is -0.479 e. The van der Waals surface area contributed by atoms with Crippen LogP contribution in [0.4, 0.5) is 17.6 Å². The van der Waals surface area contributed by atoms with Gasteiger partial charge in [0.05, 0.1) is 12.2 Å². The zero-order valence-electron chi connectivity index (χ0n) is 9.38. The monoisotopic (exact) mass is 300 g/mol. The maximum absolute atomic E-state index is 13.1. The van der Waals surface area contributed by atoms with Gasteiger partial charge >= 0.3 is 12.1 Å². The second-order valence-corrected chi connectivity index (χ2v) is 3.93. The minimum atomic E-state index is -4.77. The Balaban J connectivity index is 3.16. The van der Waals surface area contributed by atoms with E-state index in [0.29, 0.717) is 12.1 Å². The number of rotatable bonds is 5. The van der Waals surface area contributed by atoms with Gasteiger partial charge in [-0.1, -0.05) is 0 Å². The Hall–Kier alpha value is -1.34. The zero-order chi connectivity index (χ0) is 14.6. The average Bonchev–Trinajstić information content (AvgIpc) is 2.27. The van der Waals surface area contributed by atoms with Crippen LogP contribution >= 0.6 is 11.6 Å². The first kappa shape index (κ1) is 15.7. The molecule has 19 heavy (non-hydrogen) atoms. The van der Waals surface area contributed by atoms with Gasteiger partial charge in [0.2, 0.25) is 0 Å². The number of hydrogen-bond donors (Lipinski definition) is 1. The third-order valence-electron chi connectivity index (χ3n) is 2.14. The molecule has 1 aromatic carbocycles. The minimum absolute atomic E-state index is 0.0365. The first-order valence-electron chi connectivity index (χ1n) is 5.03. The van der Waals surface area contributed by atoms with Gasteiger partial charge in [0, 0.05) is 5.88 Å². The summed E-state index contributed by atoms with van der Waals surface area (Å²) in [6.07, 6.45) is -6.47. The van der Waals surface area contributed by atoms with Crippen molar-refractivity contribution in [2.24, 2.45) is 0 Å². The lowest BCUT2D eigenvalue weighted by atomic mass is 10.1. The molecule has 106 valence electrons. The quantitative estimate of drug-likeness (QED) is 0.671. The van der Waals surface area contributed by atoms with Crippen LogP contribution in [0.25, 0.3) is 0 Å². The first-order chi connectivity index (χ1) is 8.75. The molecule has 0 spiro atoms. The van der Waals surface area contributed by atoms with Crippen LogP contribution in [0.3, 0.4) is 0 Å². The summed E-state index contributed by atoms with van der Waals surface area (Å²) < 4.78 is 55.4. The molecule has 0 aliphatic heterocycles. The van der Waals surface area contributed by atoms with Crippen LogP contribution in [0, 0.1) is 5.82 Å². The molecule has 1 aromatic rings. The number of carboxylic acid groups (broad SMARTS) is 1. The molecule has 1 rings (SSSR count). The van der Waals surface area contributed by atoms with Gasteiger partial charge in [0.15, 0.2) is 6.10 Å². The molecule has 3 nitrogen and oxygen atoms in total. The van der Waals surface area contributed by atoms with E-state index in [1.54, 1.807) is 0 Å². The standard InChI is InChI=1S/C11H9ClF4O3/c12-1-2-19-9(10(17)18)6-3-7(11(14,15)16)5-8(13)4-6/h3-5,9H,1-2H2,(H,17,18). The lowest BCUT2D eigenvalue weighted by Gasteiger charge is -2.15. The maximum Gasteiger partial charge on any atom is 0.416 e. The van der Waals surface area contributed by atoms with Gasteiger partial charge in [-0.3, -0.25) is 0 Å². The van der Waals surface area contributed by atoms with Gasteiger partial charge in [-0.25, -0.2) is 9.18 Å². The van der Waals surface area contributed by atoms with E-state index in [9.17, 15) is 22.4 Å². The number of alkyl halides is 4. The topological polar surface area (TPSA) is 46.5 Å². The fourth-order valence-electron chi connectivity index (χ4n) is 1.40. The van der Waals surface area contributed by atoms with E-state index in [1.807, 2.05) is 0 Å². The summed E-state index contributed by atoms with van der Waals surface area (Å²) in [7, 11) is 0.